The predicted octanol–water partition coefficient (Wildman–Crippen LogP) is 1.27. The first-order valence-electron chi connectivity index (χ1n) is 4.22. The Morgan fingerprint density at radius 3 is 3.30 bits per heavy atom. The molecule has 0 aromatic carbocycles. The summed E-state index contributed by atoms with van der Waals surface area (Å²) in [6.45, 7) is 2.30. The Morgan fingerprint density at radius 2 is 2.30 bits per heavy atom. The molecule has 2 heterocycles. The lowest BCUT2D eigenvalue weighted by Crippen LogP contribution is -2.30. The maximum atomic E-state index is 4.27. The largest absolute Gasteiger partial charge is 0.358 e. The molecular formula is C8H14N2. The fourth-order valence-electron chi connectivity index (χ4n) is 1.82. The van der Waals surface area contributed by atoms with Crippen molar-refractivity contribution >= 4 is 6.34 Å². The minimum Gasteiger partial charge on any atom is -0.358 e. The Kier molecular flexibility index (Phi) is 1.61. The van der Waals surface area contributed by atoms with Crippen molar-refractivity contribution < 1.29 is 0 Å². The molecule has 0 bridgehead atoms. The van der Waals surface area contributed by atoms with E-state index in [0.717, 1.165) is 12.6 Å². The van der Waals surface area contributed by atoms with Crippen LogP contribution in [0.2, 0.25) is 0 Å². The molecular weight excluding hydrogens is 124 g/mol. The number of aliphatic imine (C=N–C) groups is 1. The second-order valence-electron chi connectivity index (χ2n) is 3.22. The topological polar surface area (TPSA) is 15.6 Å². The maximum absolute atomic E-state index is 4.27. The molecule has 2 heteroatoms. The summed E-state index contributed by atoms with van der Waals surface area (Å²) >= 11 is 0. The summed E-state index contributed by atoms with van der Waals surface area (Å²) in [6, 6.07) is 0.766. The summed E-state index contributed by atoms with van der Waals surface area (Å²) < 4.78 is 0. The molecule has 0 spiro atoms. The van der Waals surface area contributed by atoms with Gasteiger partial charge in [-0.25, -0.2) is 0 Å². The molecule has 1 saturated heterocycles. The van der Waals surface area contributed by atoms with Crippen molar-refractivity contribution in [3.63, 3.8) is 0 Å². The molecule has 0 unspecified atom stereocenters. The molecule has 56 valence electrons. The van der Waals surface area contributed by atoms with Crippen LogP contribution in [0.4, 0.5) is 0 Å². The molecule has 2 nitrogen and oxygen atoms in total. The molecule has 0 aliphatic carbocycles. The molecule has 0 radical (unpaired) electrons. The van der Waals surface area contributed by atoms with E-state index >= 15 is 0 Å². The monoisotopic (exact) mass is 138 g/mol. The Labute approximate surface area is 61.9 Å². The van der Waals surface area contributed by atoms with Crippen LogP contribution in [0.25, 0.3) is 0 Å². The van der Waals surface area contributed by atoms with E-state index in [4.69, 9.17) is 0 Å². The first-order chi connectivity index (χ1) is 4.97. The molecule has 0 aromatic rings. The van der Waals surface area contributed by atoms with Crippen LogP contribution in [-0.2, 0) is 0 Å². The number of hydrogen-bond donors (Lipinski definition) is 0. The van der Waals surface area contributed by atoms with Gasteiger partial charge in [-0.15, -0.1) is 0 Å². The lowest BCUT2D eigenvalue weighted by molar-refractivity contribution is 0.357. The van der Waals surface area contributed by atoms with Crippen LogP contribution in [-0.4, -0.2) is 30.4 Å². The fraction of sp³-hybridized carbons (Fsp3) is 0.875. The fourth-order valence-corrected chi connectivity index (χ4v) is 1.82. The predicted molar refractivity (Wildman–Crippen MR) is 42.3 cm³/mol. The van der Waals surface area contributed by atoms with Crippen LogP contribution in [0.3, 0.4) is 0 Å². The summed E-state index contributed by atoms with van der Waals surface area (Å²) in [5.41, 5.74) is 0. The zero-order valence-electron chi connectivity index (χ0n) is 6.29. The highest BCUT2D eigenvalue weighted by Crippen LogP contribution is 2.18. The quantitative estimate of drug-likeness (QED) is 0.492. The van der Waals surface area contributed by atoms with Gasteiger partial charge < -0.3 is 4.90 Å². The highest BCUT2D eigenvalue weighted by atomic mass is 15.2. The molecule has 2 aliphatic heterocycles. The summed E-state index contributed by atoms with van der Waals surface area (Å²) in [4.78, 5) is 6.68. The van der Waals surface area contributed by atoms with Crippen molar-refractivity contribution in [2.24, 2.45) is 4.99 Å². The highest BCUT2D eigenvalue weighted by molar-refractivity contribution is 5.58. The first-order valence-corrected chi connectivity index (χ1v) is 4.22. The first kappa shape index (κ1) is 6.20. The lowest BCUT2D eigenvalue weighted by Gasteiger charge is -2.19. The van der Waals surface area contributed by atoms with E-state index in [1.165, 1.54) is 32.2 Å². The maximum Gasteiger partial charge on any atom is 0.0853 e. The van der Waals surface area contributed by atoms with Gasteiger partial charge in [-0.1, -0.05) is 12.8 Å². The Bertz CT molecular complexity index is 142. The highest BCUT2D eigenvalue weighted by Gasteiger charge is 2.21. The van der Waals surface area contributed by atoms with E-state index in [0.29, 0.717) is 0 Å². The Balaban J connectivity index is 2.00. The molecule has 0 saturated carbocycles. The summed E-state index contributed by atoms with van der Waals surface area (Å²) in [7, 11) is 0. The van der Waals surface area contributed by atoms with Gasteiger partial charge in [0.05, 0.1) is 12.9 Å². The summed E-state index contributed by atoms with van der Waals surface area (Å²) in [6.07, 6.45) is 7.59. The zero-order chi connectivity index (χ0) is 6.81. The van der Waals surface area contributed by atoms with E-state index in [9.17, 15) is 0 Å². The average Bonchev–Trinajstić information content (AvgIpc) is 2.28. The standard InChI is InChI=1S/C8H14N2/c1-2-4-8-6-9-7-10(8)5-3-1/h7-8H,1-6H2/t8-/m1/s1. The normalized spacial score (nSPS) is 32.0. The number of nitrogens with zero attached hydrogens (tertiary/aromatic N) is 2. The van der Waals surface area contributed by atoms with Crippen LogP contribution < -0.4 is 0 Å². The minimum absolute atomic E-state index is 0.766. The van der Waals surface area contributed by atoms with Crippen molar-refractivity contribution in [2.45, 2.75) is 31.7 Å². The van der Waals surface area contributed by atoms with Crippen LogP contribution in [0.15, 0.2) is 4.99 Å². The molecule has 0 N–H and O–H groups in total. The van der Waals surface area contributed by atoms with Gasteiger partial charge in [0.15, 0.2) is 0 Å². The van der Waals surface area contributed by atoms with Crippen molar-refractivity contribution in [1.29, 1.82) is 0 Å². The van der Waals surface area contributed by atoms with E-state index in [1.807, 2.05) is 6.34 Å². The van der Waals surface area contributed by atoms with Gasteiger partial charge in [0.1, 0.15) is 0 Å². The van der Waals surface area contributed by atoms with Crippen molar-refractivity contribution in [3.8, 4) is 0 Å². The van der Waals surface area contributed by atoms with Gasteiger partial charge in [0, 0.05) is 12.6 Å². The van der Waals surface area contributed by atoms with E-state index < -0.39 is 0 Å². The van der Waals surface area contributed by atoms with Gasteiger partial charge in [0.25, 0.3) is 0 Å². The van der Waals surface area contributed by atoms with Crippen molar-refractivity contribution in [1.82, 2.24) is 4.90 Å². The van der Waals surface area contributed by atoms with Crippen LogP contribution >= 0.6 is 0 Å². The van der Waals surface area contributed by atoms with Crippen LogP contribution in [0, 0.1) is 0 Å². The SMILES string of the molecule is C1=NC[C@H]2CCCCCN12. The Hall–Kier alpha value is -0.530. The van der Waals surface area contributed by atoms with E-state index in [-0.39, 0.29) is 0 Å². The third-order valence-corrected chi connectivity index (χ3v) is 2.47. The molecule has 0 amide bonds. The van der Waals surface area contributed by atoms with Crippen molar-refractivity contribution in [2.75, 3.05) is 13.1 Å². The summed E-state index contributed by atoms with van der Waals surface area (Å²) in [5, 5.41) is 0. The van der Waals surface area contributed by atoms with Gasteiger partial charge in [-0.2, -0.15) is 0 Å². The smallest absolute Gasteiger partial charge is 0.0853 e. The van der Waals surface area contributed by atoms with Crippen molar-refractivity contribution in [3.05, 3.63) is 0 Å². The molecule has 1 fully saturated rings. The second kappa shape index (κ2) is 2.60. The van der Waals surface area contributed by atoms with Gasteiger partial charge >= 0.3 is 0 Å². The van der Waals surface area contributed by atoms with Gasteiger partial charge in [-0.3, -0.25) is 4.99 Å². The number of rotatable bonds is 0. The molecule has 10 heavy (non-hydrogen) atoms. The van der Waals surface area contributed by atoms with E-state index in [2.05, 4.69) is 9.89 Å². The van der Waals surface area contributed by atoms with Gasteiger partial charge in [0.2, 0.25) is 0 Å². The van der Waals surface area contributed by atoms with Gasteiger partial charge in [-0.05, 0) is 12.8 Å². The lowest BCUT2D eigenvalue weighted by atomic mass is 10.1. The molecule has 2 rings (SSSR count). The number of fused-ring (bicyclic) bond motifs is 1. The van der Waals surface area contributed by atoms with Crippen LogP contribution in [0.5, 0.6) is 0 Å². The minimum atomic E-state index is 0.766. The average molecular weight is 138 g/mol. The third-order valence-electron chi connectivity index (χ3n) is 2.47. The molecule has 1 atom stereocenters. The number of hydrogen-bond acceptors (Lipinski definition) is 2. The molecule has 0 aromatic heterocycles. The molecule has 2 aliphatic rings. The Morgan fingerprint density at radius 1 is 1.30 bits per heavy atom. The third kappa shape index (κ3) is 1.02. The second-order valence-corrected chi connectivity index (χ2v) is 3.22. The van der Waals surface area contributed by atoms with Crippen LogP contribution in [0.1, 0.15) is 25.7 Å². The zero-order valence-corrected chi connectivity index (χ0v) is 6.29. The van der Waals surface area contributed by atoms with E-state index in [1.54, 1.807) is 0 Å². The summed E-state index contributed by atoms with van der Waals surface area (Å²) in [5.74, 6) is 0.